The lowest BCUT2D eigenvalue weighted by molar-refractivity contribution is 0.0953. The molecule has 6 nitrogen and oxygen atoms in total. The lowest BCUT2D eigenvalue weighted by atomic mass is 10.1. The van der Waals surface area contributed by atoms with Crippen molar-refractivity contribution in [2.75, 3.05) is 18.5 Å². The van der Waals surface area contributed by atoms with Crippen molar-refractivity contribution in [3.8, 4) is 0 Å². The number of rotatable bonds is 6. The van der Waals surface area contributed by atoms with Crippen molar-refractivity contribution >= 4 is 73.0 Å². The average Bonchev–Trinajstić information content (AvgIpc) is 3.11. The van der Waals surface area contributed by atoms with Gasteiger partial charge in [0.2, 0.25) is 0 Å². The van der Waals surface area contributed by atoms with E-state index in [9.17, 15) is 9.59 Å². The molecule has 142 valence electrons. The predicted octanol–water partition coefficient (Wildman–Crippen LogP) is 3.71. The van der Waals surface area contributed by atoms with Gasteiger partial charge in [-0.25, -0.2) is 0 Å². The number of anilines is 2. The van der Waals surface area contributed by atoms with Gasteiger partial charge in [0.05, 0.1) is 26.4 Å². The predicted molar refractivity (Wildman–Crippen MR) is 119 cm³/mol. The number of pyridine rings is 1. The Kier molecular flexibility index (Phi) is 6.40. The summed E-state index contributed by atoms with van der Waals surface area (Å²) in [7, 11) is 1.62. The molecule has 9 heteroatoms. The van der Waals surface area contributed by atoms with Gasteiger partial charge in [0.15, 0.2) is 0 Å². The first-order chi connectivity index (χ1) is 12.9. The minimum absolute atomic E-state index is 0.00860. The van der Waals surface area contributed by atoms with Crippen LogP contribution in [0.25, 0.3) is 10.1 Å². The van der Waals surface area contributed by atoms with E-state index >= 15 is 0 Å². The van der Waals surface area contributed by atoms with E-state index in [1.807, 2.05) is 6.07 Å². The van der Waals surface area contributed by atoms with E-state index in [0.717, 1.165) is 3.57 Å². The van der Waals surface area contributed by atoms with E-state index in [2.05, 4.69) is 33.2 Å². The molecule has 1 aromatic carbocycles. The third-order valence-corrected chi connectivity index (χ3v) is 5.95. The number of aliphatic hydroxyl groups is 1. The van der Waals surface area contributed by atoms with Gasteiger partial charge in [0.25, 0.3) is 11.5 Å². The first-order valence-corrected chi connectivity index (χ1v) is 10.5. The third-order valence-electron chi connectivity index (χ3n) is 4.03. The highest BCUT2D eigenvalue weighted by molar-refractivity contribution is 14.1. The second-order valence-corrected chi connectivity index (χ2v) is 8.40. The van der Waals surface area contributed by atoms with Crippen LogP contribution in [-0.4, -0.2) is 28.7 Å². The highest BCUT2D eigenvalue weighted by atomic mass is 127. The zero-order valence-electron chi connectivity index (χ0n) is 14.4. The molecule has 0 spiro atoms. The summed E-state index contributed by atoms with van der Waals surface area (Å²) in [6, 6.07) is 7.21. The molecule has 0 saturated heterocycles. The molecule has 2 heterocycles. The molecule has 1 amide bonds. The lowest BCUT2D eigenvalue weighted by Crippen LogP contribution is -2.29. The summed E-state index contributed by atoms with van der Waals surface area (Å²) >= 11 is 9.82. The zero-order chi connectivity index (χ0) is 19.6. The first kappa shape index (κ1) is 20.1. The van der Waals surface area contributed by atoms with Crippen molar-refractivity contribution in [2.24, 2.45) is 7.05 Å². The largest absolute Gasteiger partial charge is 0.396 e. The number of halogens is 2. The van der Waals surface area contributed by atoms with Crippen LogP contribution in [0.5, 0.6) is 0 Å². The van der Waals surface area contributed by atoms with Gasteiger partial charge in [0.1, 0.15) is 5.82 Å². The second-order valence-electron chi connectivity index (χ2n) is 5.83. The number of aliphatic hydroxyl groups excluding tert-OH is 1. The minimum Gasteiger partial charge on any atom is -0.396 e. The Balaban J connectivity index is 2.14. The maximum atomic E-state index is 12.9. The summed E-state index contributed by atoms with van der Waals surface area (Å²) in [4.78, 5) is 25.6. The average molecular weight is 518 g/mol. The molecule has 3 rings (SSSR count). The molecule has 0 aliphatic carbocycles. The van der Waals surface area contributed by atoms with Crippen LogP contribution in [0.1, 0.15) is 16.8 Å². The number of nitrogens with one attached hydrogen (secondary N) is 2. The number of benzene rings is 1. The Bertz CT molecular complexity index is 1060. The molecule has 0 atom stereocenters. The lowest BCUT2D eigenvalue weighted by Gasteiger charge is -2.17. The van der Waals surface area contributed by atoms with Crippen molar-refractivity contribution in [3.05, 3.63) is 54.2 Å². The number of carbonyl (C=O) groups is 1. The topological polar surface area (TPSA) is 83.4 Å². The Labute approximate surface area is 178 Å². The van der Waals surface area contributed by atoms with Gasteiger partial charge in [-0.2, -0.15) is 0 Å². The van der Waals surface area contributed by atoms with Gasteiger partial charge < -0.3 is 15.7 Å². The Morgan fingerprint density at radius 1 is 1.37 bits per heavy atom. The summed E-state index contributed by atoms with van der Waals surface area (Å²) in [6.07, 6.45) is 0.455. The molecule has 3 aromatic rings. The van der Waals surface area contributed by atoms with Gasteiger partial charge >= 0.3 is 0 Å². The number of nitrogens with zero attached hydrogens (tertiary/aromatic N) is 1. The number of amides is 1. The summed E-state index contributed by atoms with van der Waals surface area (Å²) in [5, 5.41) is 17.7. The van der Waals surface area contributed by atoms with E-state index < -0.39 is 0 Å². The quantitative estimate of drug-likeness (QED) is 0.344. The summed E-state index contributed by atoms with van der Waals surface area (Å²) in [5.74, 6) is 0.0650. The molecule has 3 N–H and O–H groups in total. The number of hydrogen-bond acceptors (Lipinski definition) is 5. The molecule has 0 radical (unpaired) electrons. The van der Waals surface area contributed by atoms with Crippen molar-refractivity contribution in [1.29, 1.82) is 0 Å². The Morgan fingerprint density at radius 2 is 2.15 bits per heavy atom. The first-order valence-electron chi connectivity index (χ1n) is 8.15. The SMILES string of the molecule is Cn1c(Nc2ccc(I)cc2Cl)c(C(=O)NCCCO)c2sccc2c1=O. The Morgan fingerprint density at radius 3 is 2.85 bits per heavy atom. The molecule has 0 bridgehead atoms. The highest BCUT2D eigenvalue weighted by Gasteiger charge is 2.22. The molecule has 2 aromatic heterocycles. The smallest absolute Gasteiger partial charge is 0.260 e. The highest BCUT2D eigenvalue weighted by Crippen LogP contribution is 2.32. The summed E-state index contributed by atoms with van der Waals surface area (Å²) < 4.78 is 3.01. The monoisotopic (exact) mass is 517 g/mol. The number of carbonyl (C=O) groups excluding carboxylic acids is 1. The van der Waals surface area contributed by atoms with Gasteiger partial charge in [-0.15, -0.1) is 11.3 Å². The van der Waals surface area contributed by atoms with Crippen LogP contribution in [0.2, 0.25) is 5.02 Å². The fraction of sp³-hybridized carbons (Fsp3) is 0.222. The molecule has 0 aliphatic heterocycles. The van der Waals surface area contributed by atoms with E-state index in [-0.39, 0.29) is 18.1 Å². The van der Waals surface area contributed by atoms with Crippen LogP contribution in [0.4, 0.5) is 11.5 Å². The van der Waals surface area contributed by atoms with Crippen molar-refractivity contribution < 1.29 is 9.90 Å². The summed E-state index contributed by atoms with van der Waals surface area (Å²) in [6.45, 7) is 0.333. The molecule has 0 fully saturated rings. The van der Waals surface area contributed by atoms with E-state index in [1.165, 1.54) is 15.9 Å². The van der Waals surface area contributed by atoms with Crippen molar-refractivity contribution in [1.82, 2.24) is 9.88 Å². The molecule has 0 saturated carbocycles. The number of fused-ring (bicyclic) bond motifs is 1. The zero-order valence-corrected chi connectivity index (χ0v) is 18.1. The molecule has 0 aliphatic rings. The van der Waals surface area contributed by atoms with Gasteiger partial charge in [-0.1, -0.05) is 11.6 Å². The molecule has 27 heavy (non-hydrogen) atoms. The Hall–Kier alpha value is -1.62. The summed E-state index contributed by atoms with van der Waals surface area (Å²) in [5.41, 5.74) is 0.796. The number of thiophene rings is 1. The third kappa shape index (κ3) is 4.13. The molecule has 0 unspecified atom stereocenters. The number of hydrogen-bond donors (Lipinski definition) is 3. The normalized spacial score (nSPS) is 11.0. The van der Waals surface area contributed by atoms with E-state index in [0.29, 0.717) is 45.1 Å². The minimum atomic E-state index is -0.310. The van der Waals surface area contributed by atoms with E-state index in [4.69, 9.17) is 16.7 Å². The van der Waals surface area contributed by atoms with Gasteiger partial charge in [-0.05, 0) is 58.7 Å². The maximum absolute atomic E-state index is 12.9. The van der Waals surface area contributed by atoms with Crippen LogP contribution < -0.4 is 16.2 Å². The van der Waals surface area contributed by atoms with Gasteiger partial charge in [0, 0.05) is 23.8 Å². The number of aromatic nitrogens is 1. The van der Waals surface area contributed by atoms with E-state index in [1.54, 1.807) is 30.6 Å². The van der Waals surface area contributed by atoms with Crippen molar-refractivity contribution in [3.63, 3.8) is 0 Å². The molecular formula is C18H17ClIN3O3S. The second kappa shape index (κ2) is 8.59. The van der Waals surface area contributed by atoms with Gasteiger partial charge in [-0.3, -0.25) is 14.2 Å². The van der Waals surface area contributed by atoms with Crippen LogP contribution in [0.3, 0.4) is 0 Å². The fourth-order valence-corrected chi connectivity index (χ4v) is 4.51. The fourth-order valence-electron chi connectivity index (χ4n) is 2.67. The van der Waals surface area contributed by atoms with Crippen LogP contribution in [0, 0.1) is 3.57 Å². The maximum Gasteiger partial charge on any atom is 0.260 e. The van der Waals surface area contributed by atoms with Crippen LogP contribution >= 0.6 is 45.5 Å². The molecular weight excluding hydrogens is 501 g/mol. The standard InChI is InChI=1S/C18H17ClIN3O3S/c1-23-16(22-13-4-3-10(20)9-12(13)19)14(17(25)21-6-2-7-24)15-11(18(23)26)5-8-27-15/h3-5,8-9,22,24H,2,6-7H2,1H3,(H,21,25). The van der Waals surface area contributed by atoms with Crippen LogP contribution in [-0.2, 0) is 7.05 Å². The van der Waals surface area contributed by atoms with Crippen LogP contribution in [0.15, 0.2) is 34.4 Å². The van der Waals surface area contributed by atoms with Crippen molar-refractivity contribution in [2.45, 2.75) is 6.42 Å².